The summed E-state index contributed by atoms with van der Waals surface area (Å²) in [5.74, 6) is 7.82. The first-order chi connectivity index (χ1) is 10.3. The molecule has 2 bridgehead atoms. The molecular formula is C19H16O2. The third kappa shape index (κ3) is 2.11. The molecule has 2 heteroatoms. The lowest BCUT2D eigenvalue weighted by Gasteiger charge is -2.16. The number of ether oxygens (including phenoxy) is 2. The third-order valence-corrected chi connectivity index (χ3v) is 4.29. The topological polar surface area (TPSA) is 18.5 Å². The van der Waals surface area contributed by atoms with Crippen molar-refractivity contribution in [2.45, 2.75) is 18.6 Å². The Labute approximate surface area is 124 Å². The maximum atomic E-state index is 6.06. The number of hydrogen-bond acceptors (Lipinski definition) is 2. The van der Waals surface area contributed by atoms with Gasteiger partial charge < -0.3 is 9.47 Å². The van der Waals surface area contributed by atoms with Gasteiger partial charge in [0.05, 0.1) is 25.2 Å². The minimum atomic E-state index is 0.150. The van der Waals surface area contributed by atoms with E-state index >= 15 is 0 Å². The van der Waals surface area contributed by atoms with Gasteiger partial charge in [0.1, 0.15) is 5.75 Å². The van der Waals surface area contributed by atoms with Gasteiger partial charge in [-0.05, 0) is 41.8 Å². The Kier molecular flexibility index (Phi) is 2.94. The van der Waals surface area contributed by atoms with Gasteiger partial charge in [0, 0.05) is 5.56 Å². The van der Waals surface area contributed by atoms with Gasteiger partial charge in [-0.15, -0.1) is 0 Å². The van der Waals surface area contributed by atoms with Crippen molar-refractivity contribution in [3.05, 3.63) is 65.2 Å². The minimum Gasteiger partial charge on any atom is -0.497 e. The Morgan fingerprint density at radius 1 is 1.05 bits per heavy atom. The summed E-state index contributed by atoms with van der Waals surface area (Å²) in [6, 6.07) is 16.4. The number of hydrogen-bond donors (Lipinski definition) is 0. The average molecular weight is 276 g/mol. The van der Waals surface area contributed by atoms with E-state index in [1.54, 1.807) is 7.11 Å². The summed E-state index contributed by atoms with van der Waals surface area (Å²) in [5.41, 5.74) is 3.69. The minimum absolute atomic E-state index is 0.150. The second kappa shape index (κ2) is 4.95. The van der Waals surface area contributed by atoms with E-state index < -0.39 is 0 Å². The molecule has 0 amide bonds. The smallest absolute Gasteiger partial charge is 0.118 e. The normalized spacial score (nSPS) is 25.1. The Morgan fingerprint density at radius 2 is 1.81 bits per heavy atom. The molecule has 2 aromatic carbocycles. The highest BCUT2D eigenvalue weighted by atomic mass is 16.5. The highest BCUT2D eigenvalue weighted by molar-refractivity contribution is 5.42. The monoisotopic (exact) mass is 276 g/mol. The molecule has 1 unspecified atom stereocenters. The molecule has 0 aliphatic carbocycles. The van der Waals surface area contributed by atoms with Gasteiger partial charge in [0.25, 0.3) is 0 Å². The van der Waals surface area contributed by atoms with Crippen LogP contribution in [0.2, 0.25) is 0 Å². The van der Waals surface area contributed by atoms with Gasteiger partial charge in [-0.1, -0.05) is 36.1 Å². The number of rotatable bonds is 1. The molecule has 2 heterocycles. The largest absolute Gasteiger partial charge is 0.497 e. The van der Waals surface area contributed by atoms with Crippen LogP contribution >= 0.6 is 0 Å². The molecule has 2 nitrogen and oxygen atoms in total. The number of fused-ring (bicyclic) bond motifs is 5. The maximum Gasteiger partial charge on any atom is 0.118 e. The van der Waals surface area contributed by atoms with E-state index in [2.05, 4.69) is 36.1 Å². The number of methoxy groups -OCH3 is 1. The molecule has 0 radical (unpaired) electrons. The van der Waals surface area contributed by atoms with Crippen molar-refractivity contribution in [3.63, 3.8) is 0 Å². The molecule has 2 aromatic rings. The fourth-order valence-corrected chi connectivity index (χ4v) is 3.22. The first-order valence-corrected chi connectivity index (χ1v) is 7.25. The zero-order valence-corrected chi connectivity index (χ0v) is 11.9. The molecule has 1 saturated heterocycles. The summed E-state index contributed by atoms with van der Waals surface area (Å²) in [6.07, 6.45) is 1.39. The van der Waals surface area contributed by atoms with Crippen LogP contribution in [0.15, 0.2) is 48.5 Å². The first kappa shape index (κ1) is 12.5. The van der Waals surface area contributed by atoms with Crippen LogP contribution in [0.1, 0.15) is 35.3 Å². The molecule has 3 atom stereocenters. The lowest BCUT2D eigenvalue weighted by Crippen LogP contribution is -2.08. The Hall–Kier alpha value is -2.24. The molecule has 0 aromatic heterocycles. The van der Waals surface area contributed by atoms with Crippen molar-refractivity contribution in [1.82, 2.24) is 0 Å². The van der Waals surface area contributed by atoms with Gasteiger partial charge in [-0.2, -0.15) is 0 Å². The Morgan fingerprint density at radius 3 is 2.57 bits per heavy atom. The van der Waals surface area contributed by atoms with Crippen molar-refractivity contribution in [3.8, 4) is 17.6 Å². The Balaban J connectivity index is 1.56. The third-order valence-electron chi connectivity index (χ3n) is 4.29. The highest BCUT2D eigenvalue weighted by Gasteiger charge is 2.44. The summed E-state index contributed by atoms with van der Waals surface area (Å²) >= 11 is 0. The van der Waals surface area contributed by atoms with Crippen LogP contribution in [0.4, 0.5) is 0 Å². The van der Waals surface area contributed by atoms with E-state index in [1.807, 2.05) is 24.3 Å². The molecule has 0 N–H and O–H groups in total. The zero-order valence-electron chi connectivity index (χ0n) is 11.9. The second-order valence-corrected chi connectivity index (χ2v) is 5.51. The van der Waals surface area contributed by atoms with Crippen LogP contribution in [-0.2, 0) is 4.74 Å². The summed E-state index contributed by atoms with van der Waals surface area (Å²) in [7, 11) is 1.67. The zero-order chi connectivity index (χ0) is 14.2. The molecule has 0 spiro atoms. The van der Waals surface area contributed by atoms with Crippen LogP contribution in [0.25, 0.3) is 0 Å². The lowest BCUT2D eigenvalue weighted by molar-refractivity contribution is 0.0657. The van der Waals surface area contributed by atoms with Crippen LogP contribution in [0.3, 0.4) is 0 Å². The standard InChI is InChI=1S/C19H16O2/c1-20-15-10-7-13(8-11-15)6-9-14-12-18-16-4-2-3-5-17(16)19(14)21-18/h2-5,7-8,10-11,14,18-19H,12H2,1H3/t14?,18-,19+/m1/s1. The van der Waals surface area contributed by atoms with Gasteiger partial charge in [0.15, 0.2) is 0 Å². The fraction of sp³-hybridized carbons (Fsp3) is 0.263. The van der Waals surface area contributed by atoms with Crippen molar-refractivity contribution in [1.29, 1.82) is 0 Å². The van der Waals surface area contributed by atoms with Gasteiger partial charge in [0.2, 0.25) is 0 Å². The van der Waals surface area contributed by atoms with E-state index in [-0.39, 0.29) is 12.2 Å². The van der Waals surface area contributed by atoms with E-state index in [1.165, 1.54) is 11.1 Å². The highest BCUT2D eigenvalue weighted by Crippen LogP contribution is 2.53. The quantitative estimate of drug-likeness (QED) is 0.736. The molecule has 2 aliphatic heterocycles. The summed E-state index contributed by atoms with van der Waals surface area (Å²) in [6.45, 7) is 0. The van der Waals surface area contributed by atoms with E-state index in [9.17, 15) is 0 Å². The van der Waals surface area contributed by atoms with E-state index in [4.69, 9.17) is 9.47 Å². The van der Waals surface area contributed by atoms with Crippen molar-refractivity contribution < 1.29 is 9.47 Å². The molecular weight excluding hydrogens is 260 g/mol. The first-order valence-electron chi connectivity index (χ1n) is 7.25. The van der Waals surface area contributed by atoms with Crippen molar-refractivity contribution >= 4 is 0 Å². The maximum absolute atomic E-state index is 6.06. The van der Waals surface area contributed by atoms with Crippen LogP contribution in [0, 0.1) is 17.8 Å². The lowest BCUT2D eigenvalue weighted by atomic mass is 9.84. The second-order valence-electron chi connectivity index (χ2n) is 5.51. The fourth-order valence-electron chi connectivity index (χ4n) is 3.22. The SMILES string of the molecule is COc1ccc(C#CC2C[C@H]3O[C@@H]2c2ccccc23)cc1. The molecule has 0 saturated carbocycles. The van der Waals surface area contributed by atoms with Crippen LogP contribution in [0.5, 0.6) is 5.75 Å². The summed E-state index contributed by atoms with van der Waals surface area (Å²) in [5, 5.41) is 0. The molecule has 104 valence electrons. The van der Waals surface area contributed by atoms with Gasteiger partial charge >= 0.3 is 0 Å². The molecule has 4 rings (SSSR count). The Bertz CT molecular complexity index is 721. The molecule has 1 fully saturated rings. The van der Waals surface area contributed by atoms with E-state index in [0.29, 0.717) is 5.92 Å². The summed E-state index contributed by atoms with van der Waals surface area (Å²) < 4.78 is 11.2. The number of benzene rings is 2. The van der Waals surface area contributed by atoms with E-state index in [0.717, 1.165) is 17.7 Å². The average Bonchev–Trinajstić information content (AvgIpc) is 3.12. The van der Waals surface area contributed by atoms with Crippen LogP contribution < -0.4 is 4.74 Å². The predicted molar refractivity (Wildman–Crippen MR) is 81.0 cm³/mol. The predicted octanol–water partition coefficient (Wildman–Crippen LogP) is 3.88. The van der Waals surface area contributed by atoms with Crippen molar-refractivity contribution in [2.75, 3.05) is 7.11 Å². The van der Waals surface area contributed by atoms with Gasteiger partial charge in [-0.25, -0.2) is 0 Å². The summed E-state index contributed by atoms with van der Waals surface area (Å²) in [4.78, 5) is 0. The molecule has 21 heavy (non-hydrogen) atoms. The van der Waals surface area contributed by atoms with Gasteiger partial charge in [-0.3, -0.25) is 0 Å². The molecule has 2 aliphatic rings. The van der Waals surface area contributed by atoms with Crippen molar-refractivity contribution in [2.24, 2.45) is 5.92 Å². The van der Waals surface area contributed by atoms with Crippen LogP contribution in [-0.4, -0.2) is 7.11 Å².